The highest BCUT2D eigenvalue weighted by atomic mass is 35.5. The lowest BCUT2D eigenvalue weighted by Gasteiger charge is -2.04. The molecule has 0 aliphatic rings. The Labute approximate surface area is 129 Å². The van der Waals surface area contributed by atoms with Crippen molar-refractivity contribution in [2.75, 3.05) is 0 Å². The first kappa shape index (κ1) is 14.0. The van der Waals surface area contributed by atoms with Gasteiger partial charge in [-0.25, -0.2) is 14.2 Å². The number of rotatable bonds is 3. The van der Waals surface area contributed by atoms with Gasteiger partial charge >= 0.3 is 5.97 Å². The Morgan fingerprint density at radius 3 is 2.95 bits per heavy atom. The van der Waals surface area contributed by atoms with Gasteiger partial charge in [0.15, 0.2) is 0 Å². The van der Waals surface area contributed by atoms with Gasteiger partial charge < -0.3 is 4.74 Å². The molecule has 0 N–H and O–H groups in total. The smallest absolute Gasteiger partial charge is 0.348 e. The normalized spacial score (nSPS) is 10.8. The van der Waals surface area contributed by atoms with Gasteiger partial charge in [-0.2, -0.15) is 0 Å². The number of benzene rings is 1. The maximum atomic E-state index is 13.6. The molecule has 3 rings (SSSR count). The van der Waals surface area contributed by atoms with E-state index in [-0.39, 0.29) is 12.4 Å². The van der Waals surface area contributed by atoms with Crippen LogP contribution in [0.3, 0.4) is 0 Å². The lowest BCUT2D eigenvalue weighted by molar-refractivity contribution is 0.0478. The summed E-state index contributed by atoms with van der Waals surface area (Å²) in [6.45, 7) is 0.0300. The summed E-state index contributed by atoms with van der Waals surface area (Å²) in [7, 11) is 0. The Morgan fingerprint density at radius 1 is 1.33 bits per heavy atom. The van der Waals surface area contributed by atoms with Crippen molar-refractivity contribution in [1.29, 1.82) is 0 Å². The lowest BCUT2D eigenvalue weighted by Crippen LogP contribution is -2.03. The summed E-state index contributed by atoms with van der Waals surface area (Å²) in [4.78, 5) is 16.3. The third kappa shape index (κ3) is 2.89. The van der Waals surface area contributed by atoms with Gasteiger partial charge in [-0.3, -0.25) is 0 Å². The molecular formula is C15H9ClFNO2S. The molecule has 1 aromatic carbocycles. The molecule has 3 aromatic rings. The molecular weight excluding hydrogens is 313 g/mol. The van der Waals surface area contributed by atoms with Crippen molar-refractivity contribution in [3.63, 3.8) is 0 Å². The molecule has 0 saturated carbocycles. The Bertz CT molecular complexity index is 818. The Balaban J connectivity index is 1.78. The summed E-state index contributed by atoms with van der Waals surface area (Å²) < 4.78 is 19.5. The number of esters is 1. The van der Waals surface area contributed by atoms with Gasteiger partial charge in [0.2, 0.25) is 0 Å². The van der Waals surface area contributed by atoms with Gasteiger partial charge in [0.1, 0.15) is 22.5 Å². The molecule has 21 heavy (non-hydrogen) atoms. The molecule has 0 amide bonds. The molecule has 106 valence electrons. The fourth-order valence-corrected chi connectivity index (χ4v) is 3.01. The Hall–Kier alpha value is -1.98. The van der Waals surface area contributed by atoms with Crippen molar-refractivity contribution >= 4 is 39.0 Å². The molecule has 0 saturated heterocycles. The molecule has 2 aromatic heterocycles. The predicted molar refractivity (Wildman–Crippen MR) is 80.1 cm³/mol. The highest BCUT2D eigenvalue weighted by molar-refractivity contribution is 7.20. The minimum Gasteiger partial charge on any atom is -0.457 e. The molecule has 0 atom stereocenters. The van der Waals surface area contributed by atoms with Crippen molar-refractivity contribution in [2.24, 2.45) is 0 Å². The van der Waals surface area contributed by atoms with Crippen LogP contribution < -0.4 is 0 Å². The van der Waals surface area contributed by atoms with Gasteiger partial charge in [0.25, 0.3) is 0 Å². The summed E-state index contributed by atoms with van der Waals surface area (Å²) in [5.74, 6) is -0.853. The Morgan fingerprint density at radius 2 is 2.19 bits per heavy atom. The first-order valence-electron chi connectivity index (χ1n) is 6.10. The molecule has 0 bridgehead atoms. The van der Waals surface area contributed by atoms with Gasteiger partial charge in [0, 0.05) is 21.8 Å². The van der Waals surface area contributed by atoms with Crippen molar-refractivity contribution in [1.82, 2.24) is 4.98 Å². The summed E-state index contributed by atoms with van der Waals surface area (Å²) in [5.41, 5.74) is 0.625. The van der Waals surface area contributed by atoms with Gasteiger partial charge in [-0.05, 0) is 24.3 Å². The van der Waals surface area contributed by atoms with Crippen molar-refractivity contribution in [3.05, 3.63) is 64.0 Å². The van der Waals surface area contributed by atoms with E-state index in [1.165, 1.54) is 23.5 Å². The van der Waals surface area contributed by atoms with E-state index in [0.29, 0.717) is 25.7 Å². The minimum absolute atomic E-state index is 0.0300. The highest BCUT2D eigenvalue weighted by Crippen LogP contribution is 2.28. The molecule has 0 fully saturated rings. The van der Waals surface area contributed by atoms with Crippen molar-refractivity contribution in [3.8, 4) is 0 Å². The van der Waals surface area contributed by atoms with E-state index in [1.807, 2.05) is 0 Å². The maximum absolute atomic E-state index is 13.6. The highest BCUT2D eigenvalue weighted by Gasteiger charge is 2.14. The van der Waals surface area contributed by atoms with E-state index in [4.69, 9.17) is 16.3 Å². The zero-order valence-corrected chi connectivity index (χ0v) is 12.2. The van der Waals surface area contributed by atoms with Gasteiger partial charge in [-0.15, -0.1) is 11.3 Å². The van der Waals surface area contributed by atoms with E-state index < -0.39 is 5.97 Å². The van der Waals surface area contributed by atoms with E-state index in [2.05, 4.69) is 4.98 Å². The molecule has 6 heteroatoms. The third-order valence-electron chi connectivity index (χ3n) is 2.90. The van der Waals surface area contributed by atoms with Crippen LogP contribution in [0.25, 0.3) is 10.1 Å². The first-order chi connectivity index (χ1) is 10.1. The molecule has 0 aliphatic carbocycles. The minimum atomic E-state index is -0.504. The van der Waals surface area contributed by atoms with Crippen LogP contribution in [0.5, 0.6) is 0 Å². The fraction of sp³-hybridized carbons (Fsp3) is 0.0667. The summed E-state index contributed by atoms with van der Waals surface area (Å²) >= 11 is 7.09. The van der Waals surface area contributed by atoms with Gasteiger partial charge in [0.05, 0.1) is 0 Å². The van der Waals surface area contributed by atoms with Crippen LogP contribution in [-0.2, 0) is 11.3 Å². The third-order valence-corrected chi connectivity index (χ3v) is 4.33. The predicted octanol–water partition coefficient (Wildman–Crippen LogP) is 4.45. The average molecular weight is 322 g/mol. The van der Waals surface area contributed by atoms with Crippen LogP contribution in [0, 0.1) is 5.82 Å². The summed E-state index contributed by atoms with van der Waals surface area (Å²) in [6, 6.07) is 9.68. The molecule has 0 radical (unpaired) electrons. The zero-order chi connectivity index (χ0) is 14.8. The monoisotopic (exact) mass is 321 g/mol. The molecule has 3 nitrogen and oxygen atoms in total. The number of carbonyl (C=O) groups excluding carboxylic acids is 1. The van der Waals surface area contributed by atoms with E-state index in [9.17, 15) is 9.18 Å². The maximum Gasteiger partial charge on any atom is 0.348 e. The zero-order valence-electron chi connectivity index (χ0n) is 10.7. The largest absolute Gasteiger partial charge is 0.457 e. The topological polar surface area (TPSA) is 39.2 Å². The van der Waals surface area contributed by atoms with Crippen LogP contribution in [0.2, 0.25) is 5.15 Å². The molecule has 2 heterocycles. The summed E-state index contributed by atoms with van der Waals surface area (Å²) in [5, 5.41) is 0.724. The van der Waals surface area contributed by atoms with Crippen molar-refractivity contribution < 1.29 is 13.9 Å². The van der Waals surface area contributed by atoms with E-state index in [1.54, 1.807) is 30.5 Å². The Kier molecular flexibility index (Phi) is 3.86. The van der Waals surface area contributed by atoms with Crippen LogP contribution >= 0.6 is 22.9 Å². The number of fused-ring (bicyclic) bond motifs is 1. The number of halogens is 2. The standard InChI is InChI=1S/C15H9ClFNO2S/c16-14-9(3-2-6-18-14)8-20-15(19)13-7-10-11(17)4-1-5-12(10)21-13/h1-7H,8H2. The number of hydrogen-bond acceptors (Lipinski definition) is 4. The second-order valence-corrected chi connectivity index (χ2v) is 5.73. The van der Waals surface area contributed by atoms with Crippen molar-refractivity contribution in [2.45, 2.75) is 6.61 Å². The molecule has 0 aliphatic heterocycles. The summed E-state index contributed by atoms with van der Waals surface area (Å²) in [6.07, 6.45) is 1.56. The number of hydrogen-bond donors (Lipinski definition) is 0. The van der Waals surface area contributed by atoms with Gasteiger partial charge in [-0.1, -0.05) is 23.7 Å². The average Bonchev–Trinajstić information content (AvgIpc) is 2.92. The lowest BCUT2D eigenvalue weighted by atomic mass is 10.2. The second kappa shape index (κ2) is 5.79. The number of aromatic nitrogens is 1. The fourth-order valence-electron chi connectivity index (χ4n) is 1.87. The number of carbonyl (C=O) groups is 1. The molecule has 0 spiro atoms. The van der Waals surface area contributed by atoms with Crippen LogP contribution in [0.15, 0.2) is 42.6 Å². The SMILES string of the molecule is O=C(OCc1cccnc1Cl)c1cc2c(F)cccc2s1. The molecule has 0 unspecified atom stereocenters. The number of thiophene rings is 1. The quantitative estimate of drug-likeness (QED) is 0.528. The second-order valence-electron chi connectivity index (χ2n) is 4.29. The number of nitrogens with zero attached hydrogens (tertiary/aromatic N) is 1. The number of pyridine rings is 1. The van der Waals surface area contributed by atoms with Crippen LogP contribution in [0.1, 0.15) is 15.2 Å². The first-order valence-corrected chi connectivity index (χ1v) is 7.29. The van der Waals surface area contributed by atoms with E-state index >= 15 is 0 Å². The number of ether oxygens (including phenoxy) is 1. The van der Waals surface area contributed by atoms with Crippen LogP contribution in [0.4, 0.5) is 4.39 Å². The van der Waals surface area contributed by atoms with E-state index in [0.717, 1.165) is 0 Å². The van der Waals surface area contributed by atoms with Crippen LogP contribution in [-0.4, -0.2) is 11.0 Å².